The van der Waals surface area contributed by atoms with Crippen molar-refractivity contribution in [2.75, 3.05) is 31.5 Å². The first-order valence-corrected chi connectivity index (χ1v) is 9.46. The van der Waals surface area contributed by atoms with Crippen molar-refractivity contribution in [3.05, 3.63) is 63.6 Å². The van der Waals surface area contributed by atoms with Gasteiger partial charge in [0.1, 0.15) is 0 Å². The van der Waals surface area contributed by atoms with E-state index in [1.54, 1.807) is 12.1 Å². The minimum atomic E-state index is 0.577. The number of piperazine rings is 1. The molecular formula is C19H21Cl2N3S. The molecule has 0 aromatic heterocycles. The Kier molecular flexibility index (Phi) is 6.18. The Hall–Kier alpha value is -1.33. The van der Waals surface area contributed by atoms with Crippen LogP contribution in [-0.2, 0) is 6.54 Å². The molecule has 0 saturated carbocycles. The van der Waals surface area contributed by atoms with Crippen LogP contribution in [0.15, 0.2) is 42.5 Å². The van der Waals surface area contributed by atoms with Gasteiger partial charge in [0.2, 0.25) is 0 Å². The third kappa shape index (κ3) is 5.08. The number of benzene rings is 2. The first-order valence-electron chi connectivity index (χ1n) is 8.30. The van der Waals surface area contributed by atoms with E-state index in [1.807, 2.05) is 6.07 Å². The monoisotopic (exact) mass is 393 g/mol. The lowest BCUT2D eigenvalue weighted by atomic mass is 10.1. The van der Waals surface area contributed by atoms with E-state index in [0.717, 1.165) is 38.4 Å². The highest BCUT2D eigenvalue weighted by Gasteiger charge is 2.19. The Bertz CT molecular complexity index is 741. The third-order valence-electron chi connectivity index (χ3n) is 4.36. The van der Waals surface area contributed by atoms with Gasteiger partial charge in [-0.2, -0.15) is 0 Å². The van der Waals surface area contributed by atoms with Crippen molar-refractivity contribution in [3.63, 3.8) is 0 Å². The molecule has 1 fully saturated rings. The fourth-order valence-electron chi connectivity index (χ4n) is 2.85. The number of nitrogens with one attached hydrogen (secondary N) is 1. The van der Waals surface area contributed by atoms with Gasteiger partial charge in [-0.1, -0.05) is 53.0 Å². The zero-order valence-corrected chi connectivity index (χ0v) is 16.5. The first-order chi connectivity index (χ1) is 12.0. The lowest BCUT2D eigenvalue weighted by molar-refractivity contribution is 0.177. The summed E-state index contributed by atoms with van der Waals surface area (Å²) < 4.78 is 0. The largest absolute Gasteiger partial charge is 0.346 e. The topological polar surface area (TPSA) is 18.5 Å². The molecule has 1 N–H and O–H groups in total. The molecule has 0 unspecified atom stereocenters. The second kappa shape index (κ2) is 8.37. The predicted octanol–water partition coefficient (Wildman–Crippen LogP) is 4.82. The van der Waals surface area contributed by atoms with Crippen molar-refractivity contribution >= 4 is 46.2 Å². The molecule has 25 heavy (non-hydrogen) atoms. The fraction of sp³-hybridized carbons (Fsp3) is 0.316. The van der Waals surface area contributed by atoms with Gasteiger partial charge in [0.25, 0.3) is 0 Å². The number of hydrogen-bond donors (Lipinski definition) is 1. The van der Waals surface area contributed by atoms with E-state index in [0.29, 0.717) is 15.2 Å². The van der Waals surface area contributed by atoms with Gasteiger partial charge in [0.15, 0.2) is 5.11 Å². The highest BCUT2D eigenvalue weighted by molar-refractivity contribution is 7.80. The van der Waals surface area contributed by atoms with Crippen molar-refractivity contribution in [1.29, 1.82) is 0 Å². The van der Waals surface area contributed by atoms with Gasteiger partial charge < -0.3 is 10.2 Å². The quantitative estimate of drug-likeness (QED) is 0.753. The van der Waals surface area contributed by atoms with Crippen LogP contribution in [0.4, 0.5) is 5.69 Å². The van der Waals surface area contributed by atoms with Gasteiger partial charge in [0.05, 0.1) is 10.7 Å². The molecule has 0 bridgehead atoms. The number of nitrogens with zero attached hydrogens (tertiary/aromatic N) is 2. The molecule has 1 heterocycles. The van der Waals surface area contributed by atoms with Crippen LogP contribution in [0.25, 0.3) is 0 Å². The number of anilines is 1. The molecule has 0 radical (unpaired) electrons. The van der Waals surface area contributed by atoms with Gasteiger partial charge in [-0.25, -0.2) is 0 Å². The molecule has 0 amide bonds. The van der Waals surface area contributed by atoms with Crippen molar-refractivity contribution in [2.24, 2.45) is 0 Å². The zero-order valence-electron chi connectivity index (χ0n) is 14.1. The van der Waals surface area contributed by atoms with Gasteiger partial charge in [-0.15, -0.1) is 0 Å². The van der Waals surface area contributed by atoms with Gasteiger partial charge in [0, 0.05) is 37.7 Å². The lowest BCUT2D eigenvalue weighted by Gasteiger charge is -2.36. The van der Waals surface area contributed by atoms with E-state index in [1.165, 1.54) is 11.1 Å². The van der Waals surface area contributed by atoms with Crippen LogP contribution in [-0.4, -0.2) is 41.1 Å². The molecule has 6 heteroatoms. The van der Waals surface area contributed by atoms with Crippen LogP contribution in [0, 0.1) is 6.92 Å². The van der Waals surface area contributed by atoms with Crippen LogP contribution in [0.3, 0.4) is 0 Å². The van der Waals surface area contributed by atoms with E-state index in [4.69, 9.17) is 35.4 Å². The van der Waals surface area contributed by atoms with Gasteiger partial charge >= 0.3 is 0 Å². The second-order valence-electron chi connectivity index (χ2n) is 6.30. The first kappa shape index (κ1) is 18.5. The average molecular weight is 394 g/mol. The Morgan fingerprint density at radius 3 is 2.36 bits per heavy atom. The number of halogens is 2. The van der Waals surface area contributed by atoms with Crippen LogP contribution in [0.5, 0.6) is 0 Å². The molecule has 2 aromatic rings. The predicted molar refractivity (Wildman–Crippen MR) is 111 cm³/mol. The fourth-order valence-corrected chi connectivity index (χ4v) is 3.59. The third-order valence-corrected chi connectivity index (χ3v) is 5.27. The summed E-state index contributed by atoms with van der Waals surface area (Å²) in [7, 11) is 0. The molecular weight excluding hydrogens is 373 g/mol. The Morgan fingerprint density at radius 2 is 1.72 bits per heavy atom. The van der Waals surface area contributed by atoms with Crippen LogP contribution in [0.1, 0.15) is 11.1 Å². The Labute approximate surface area is 164 Å². The lowest BCUT2D eigenvalue weighted by Crippen LogP contribution is -2.49. The molecule has 0 aliphatic carbocycles. The number of rotatable bonds is 3. The summed E-state index contributed by atoms with van der Waals surface area (Å²) in [5.74, 6) is 0. The smallest absolute Gasteiger partial charge is 0.173 e. The number of hydrogen-bond acceptors (Lipinski definition) is 2. The Balaban J connectivity index is 1.51. The molecule has 3 rings (SSSR count). The van der Waals surface area contributed by atoms with Gasteiger partial charge in [-0.05, 0) is 42.9 Å². The molecule has 3 nitrogen and oxygen atoms in total. The summed E-state index contributed by atoms with van der Waals surface area (Å²) in [6, 6.07) is 14.1. The van der Waals surface area contributed by atoms with E-state index in [-0.39, 0.29) is 0 Å². The molecule has 2 aromatic carbocycles. The number of aryl methyl sites for hydroxylation is 1. The SMILES string of the molecule is Cc1ccc(CN2CCN(C(=S)Nc3ccc(Cl)cc3Cl)CC2)cc1. The van der Waals surface area contributed by atoms with Crippen molar-refractivity contribution in [1.82, 2.24) is 9.80 Å². The van der Waals surface area contributed by atoms with E-state index >= 15 is 0 Å². The Morgan fingerprint density at radius 1 is 1.04 bits per heavy atom. The maximum absolute atomic E-state index is 6.20. The standard InChI is InChI=1S/C19H21Cl2N3S/c1-14-2-4-15(5-3-14)13-23-8-10-24(11-9-23)19(25)22-18-7-6-16(20)12-17(18)21/h2-7,12H,8-11,13H2,1H3,(H,22,25). The molecule has 1 aliphatic rings. The number of thiocarbonyl (C=S) groups is 1. The van der Waals surface area contributed by atoms with E-state index < -0.39 is 0 Å². The van der Waals surface area contributed by atoms with E-state index in [9.17, 15) is 0 Å². The van der Waals surface area contributed by atoms with Crippen LogP contribution in [0.2, 0.25) is 10.0 Å². The van der Waals surface area contributed by atoms with Crippen LogP contribution < -0.4 is 5.32 Å². The van der Waals surface area contributed by atoms with Crippen molar-refractivity contribution in [3.8, 4) is 0 Å². The molecule has 0 atom stereocenters. The minimum Gasteiger partial charge on any atom is -0.346 e. The average Bonchev–Trinajstić information content (AvgIpc) is 2.60. The summed E-state index contributed by atoms with van der Waals surface area (Å²) >= 11 is 17.7. The summed E-state index contributed by atoms with van der Waals surface area (Å²) in [6.45, 7) is 6.89. The minimum absolute atomic E-state index is 0.577. The summed E-state index contributed by atoms with van der Waals surface area (Å²) in [5.41, 5.74) is 3.44. The van der Waals surface area contributed by atoms with Crippen LogP contribution >= 0.6 is 35.4 Å². The van der Waals surface area contributed by atoms with Crippen molar-refractivity contribution in [2.45, 2.75) is 13.5 Å². The highest BCUT2D eigenvalue weighted by atomic mass is 35.5. The summed E-state index contributed by atoms with van der Waals surface area (Å²) in [5, 5.41) is 5.13. The normalized spacial score (nSPS) is 15.2. The maximum Gasteiger partial charge on any atom is 0.173 e. The van der Waals surface area contributed by atoms with Crippen molar-refractivity contribution < 1.29 is 0 Å². The maximum atomic E-state index is 6.20. The van der Waals surface area contributed by atoms with E-state index in [2.05, 4.69) is 46.3 Å². The van der Waals surface area contributed by atoms with Gasteiger partial charge in [-0.3, -0.25) is 4.90 Å². The highest BCUT2D eigenvalue weighted by Crippen LogP contribution is 2.25. The molecule has 1 aliphatic heterocycles. The second-order valence-corrected chi connectivity index (χ2v) is 7.53. The zero-order chi connectivity index (χ0) is 17.8. The summed E-state index contributed by atoms with van der Waals surface area (Å²) in [4.78, 5) is 4.64. The molecule has 132 valence electrons. The molecule has 1 saturated heterocycles. The summed E-state index contributed by atoms with van der Waals surface area (Å²) in [6.07, 6.45) is 0. The molecule has 0 spiro atoms.